The van der Waals surface area contributed by atoms with Crippen LogP contribution in [0.15, 0.2) is 36.4 Å². The summed E-state index contributed by atoms with van der Waals surface area (Å²) < 4.78 is 26.1. The highest BCUT2D eigenvalue weighted by Gasteiger charge is 2.32. The van der Waals surface area contributed by atoms with Gasteiger partial charge >= 0.3 is 0 Å². The maximum atomic E-state index is 13.6. The van der Waals surface area contributed by atoms with Crippen molar-refractivity contribution in [2.75, 3.05) is 17.1 Å². The zero-order chi connectivity index (χ0) is 26.5. The molecule has 192 valence electrons. The van der Waals surface area contributed by atoms with Crippen molar-refractivity contribution in [3.05, 3.63) is 62.1 Å². The van der Waals surface area contributed by atoms with E-state index in [1.807, 2.05) is 13.8 Å². The van der Waals surface area contributed by atoms with Gasteiger partial charge in [0.05, 0.1) is 32.0 Å². The molecular formula is C23H27Cl4N3O4S. The number of amides is 2. The molecular weight excluding hydrogens is 556 g/mol. The number of nitrogens with one attached hydrogen (secondary N) is 1. The van der Waals surface area contributed by atoms with Crippen LogP contribution in [-0.2, 0) is 26.2 Å². The van der Waals surface area contributed by atoms with Crippen molar-refractivity contribution in [3.63, 3.8) is 0 Å². The summed E-state index contributed by atoms with van der Waals surface area (Å²) in [6, 6.07) is 8.14. The van der Waals surface area contributed by atoms with E-state index in [0.717, 1.165) is 10.6 Å². The monoisotopic (exact) mass is 581 g/mol. The number of hydrogen-bond donors (Lipinski definition) is 1. The van der Waals surface area contributed by atoms with E-state index in [9.17, 15) is 18.0 Å². The number of hydrogen-bond acceptors (Lipinski definition) is 4. The first-order chi connectivity index (χ1) is 16.2. The Kier molecular flexibility index (Phi) is 10.5. The van der Waals surface area contributed by atoms with Crippen LogP contribution in [0.1, 0.15) is 32.8 Å². The van der Waals surface area contributed by atoms with Crippen LogP contribution in [0.25, 0.3) is 0 Å². The molecule has 0 saturated carbocycles. The fourth-order valence-electron chi connectivity index (χ4n) is 3.39. The number of sulfonamides is 1. The van der Waals surface area contributed by atoms with Gasteiger partial charge in [0.1, 0.15) is 12.6 Å². The van der Waals surface area contributed by atoms with Gasteiger partial charge in [-0.25, -0.2) is 8.42 Å². The molecule has 0 aliphatic heterocycles. The van der Waals surface area contributed by atoms with Crippen molar-refractivity contribution in [2.24, 2.45) is 0 Å². The van der Waals surface area contributed by atoms with Crippen LogP contribution in [0.3, 0.4) is 0 Å². The van der Waals surface area contributed by atoms with Gasteiger partial charge in [-0.15, -0.1) is 0 Å². The molecule has 0 aliphatic rings. The molecule has 0 saturated heterocycles. The standard InChI is InChI=1S/C23H27Cl4N3O4S/c1-5-21(23(32)28-14(2)3)29(12-15-6-8-17(24)19(26)10-15)22(31)13-30(35(4,33)34)16-7-9-18(25)20(27)11-16/h6-11,14,21H,5,12-13H2,1-4H3,(H,28,32). The molecule has 0 spiro atoms. The van der Waals surface area contributed by atoms with Crippen molar-refractivity contribution in [2.45, 2.75) is 45.8 Å². The van der Waals surface area contributed by atoms with Gasteiger partial charge in [-0.2, -0.15) is 0 Å². The van der Waals surface area contributed by atoms with Gasteiger partial charge in [0.25, 0.3) is 0 Å². The molecule has 0 heterocycles. The lowest BCUT2D eigenvalue weighted by Gasteiger charge is -2.33. The van der Waals surface area contributed by atoms with E-state index in [0.29, 0.717) is 22.0 Å². The lowest BCUT2D eigenvalue weighted by Crippen LogP contribution is -2.53. The zero-order valence-electron chi connectivity index (χ0n) is 19.7. The van der Waals surface area contributed by atoms with Crippen LogP contribution in [-0.4, -0.2) is 50.0 Å². The quantitative estimate of drug-likeness (QED) is 0.406. The minimum atomic E-state index is -3.89. The zero-order valence-corrected chi connectivity index (χ0v) is 23.5. The number of anilines is 1. The topological polar surface area (TPSA) is 86.8 Å². The molecule has 0 fully saturated rings. The molecule has 2 aromatic carbocycles. The van der Waals surface area contributed by atoms with Crippen LogP contribution in [0, 0.1) is 0 Å². The van der Waals surface area contributed by atoms with Crippen LogP contribution < -0.4 is 9.62 Å². The maximum absolute atomic E-state index is 13.6. The van der Waals surface area contributed by atoms with Gasteiger partial charge in [-0.05, 0) is 56.2 Å². The molecule has 0 aliphatic carbocycles. The van der Waals surface area contributed by atoms with E-state index >= 15 is 0 Å². The molecule has 0 bridgehead atoms. The molecule has 12 heteroatoms. The summed E-state index contributed by atoms with van der Waals surface area (Å²) in [4.78, 5) is 27.9. The minimum absolute atomic E-state index is 0.0126. The highest BCUT2D eigenvalue weighted by atomic mass is 35.5. The van der Waals surface area contributed by atoms with Gasteiger partial charge in [-0.1, -0.05) is 59.4 Å². The predicted octanol–water partition coefficient (Wildman–Crippen LogP) is 5.40. The van der Waals surface area contributed by atoms with E-state index in [2.05, 4.69) is 5.32 Å². The number of nitrogens with zero attached hydrogens (tertiary/aromatic N) is 2. The Bertz CT molecular complexity index is 1190. The molecule has 2 rings (SSSR count). The van der Waals surface area contributed by atoms with Gasteiger partial charge < -0.3 is 10.2 Å². The molecule has 7 nitrogen and oxygen atoms in total. The summed E-state index contributed by atoms with van der Waals surface area (Å²) in [6.45, 7) is 4.85. The van der Waals surface area contributed by atoms with Crippen molar-refractivity contribution in [3.8, 4) is 0 Å². The summed E-state index contributed by atoms with van der Waals surface area (Å²) in [7, 11) is -3.89. The number of rotatable bonds is 10. The molecule has 0 radical (unpaired) electrons. The fraction of sp³-hybridized carbons (Fsp3) is 0.391. The predicted molar refractivity (Wildman–Crippen MR) is 143 cm³/mol. The number of halogens is 4. The first-order valence-corrected chi connectivity index (χ1v) is 14.1. The first-order valence-electron chi connectivity index (χ1n) is 10.7. The van der Waals surface area contributed by atoms with E-state index in [-0.39, 0.29) is 34.2 Å². The average Bonchev–Trinajstić information content (AvgIpc) is 2.75. The van der Waals surface area contributed by atoms with E-state index in [4.69, 9.17) is 46.4 Å². The van der Waals surface area contributed by atoms with Crippen LogP contribution in [0.2, 0.25) is 20.1 Å². The second-order valence-corrected chi connectivity index (χ2v) is 11.8. The largest absolute Gasteiger partial charge is 0.352 e. The lowest BCUT2D eigenvalue weighted by atomic mass is 10.1. The Labute approximate surface area is 226 Å². The number of carbonyl (C=O) groups is 2. The SMILES string of the molecule is CCC(C(=O)NC(C)C)N(Cc1ccc(Cl)c(Cl)c1)C(=O)CN(c1ccc(Cl)c(Cl)c1)S(C)(=O)=O. The van der Waals surface area contributed by atoms with E-state index < -0.39 is 28.5 Å². The van der Waals surface area contributed by atoms with Gasteiger partial charge in [0, 0.05) is 12.6 Å². The third kappa shape index (κ3) is 8.15. The maximum Gasteiger partial charge on any atom is 0.244 e. The van der Waals surface area contributed by atoms with E-state index in [1.54, 1.807) is 25.1 Å². The second-order valence-electron chi connectivity index (χ2n) is 8.23. The molecule has 1 N–H and O–H groups in total. The summed E-state index contributed by atoms with van der Waals surface area (Å²) in [5.74, 6) is -0.935. The fourth-order valence-corrected chi connectivity index (χ4v) is 4.84. The van der Waals surface area contributed by atoms with Crippen molar-refractivity contribution < 1.29 is 18.0 Å². The van der Waals surface area contributed by atoms with Crippen LogP contribution in [0.5, 0.6) is 0 Å². The molecule has 35 heavy (non-hydrogen) atoms. The number of carbonyl (C=O) groups excluding carboxylic acids is 2. The third-order valence-electron chi connectivity index (χ3n) is 5.02. The smallest absolute Gasteiger partial charge is 0.244 e. The lowest BCUT2D eigenvalue weighted by molar-refractivity contribution is -0.140. The average molecular weight is 583 g/mol. The first kappa shape index (κ1) is 29.5. The Hall–Kier alpha value is -1.71. The van der Waals surface area contributed by atoms with Crippen molar-refractivity contribution >= 4 is 73.9 Å². The Balaban J connectivity index is 2.48. The molecule has 1 unspecified atom stereocenters. The van der Waals surface area contributed by atoms with Gasteiger partial charge in [-0.3, -0.25) is 13.9 Å². The van der Waals surface area contributed by atoms with Crippen molar-refractivity contribution in [1.82, 2.24) is 10.2 Å². The summed E-state index contributed by atoms with van der Waals surface area (Å²) in [5.41, 5.74) is 0.799. The molecule has 2 amide bonds. The highest BCUT2D eigenvalue weighted by molar-refractivity contribution is 7.92. The molecule has 1 atom stereocenters. The Morgan fingerprint density at radius 2 is 1.51 bits per heavy atom. The van der Waals surface area contributed by atoms with Gasteiger partial charge in [0.15, 0.2) is 0 Å². The summed E-state index contributed by atoms with van der Waals surface area (Å²) in [6.07, 6.45) is 1.28. The van der Waals surface area contributed by atoms with Crippen LogP contribution >= 0.6 is 46.4 Å². The normalized spacial score (nSPS) is 12.4. The molecule has 2 aromatic rings. The minimum Gasteiger partial charge on any atom is -0.352 e. The van der Waals surface area contributed by atoms with E-state index in [1.165, 1.54) is 23.1 Å². The second kappa shape index (κ2) is 12.5. The number of benzene rings is 2. The van der Waals surface area contributed by atoms with Crippen molar-refractivity contribution in [1.29, 1.82) is 0 Å². The third-order valence-corrected chi connectivity index (χ3v) is 7.64. The summed E-state index contributed by atoms with van der Waals surface area (Å²) >= 11 is 24.2. The Morgan fingerprint density at radius 3 is 2.00 bits per heavy atom. The summed E-state index contributed by atoms with van der Waals surface area (Å²) in [5, 5.41) is 3.85. The Morgan fingerprint density at radius 1 is 0.943 bits per heavy atom. The molecule has 0 aromatic heterocycles. The van der Waals surface area contributed by atoms with Gasteiger partial charge in [0.2, 0.25) is 21.8 Å². The van der Waals surface area contributed by atoms with Crippen LogP contribution in [0.4, 0.5) is 5.69 Å². The highest BCUT2D eigenvalue weighted by Crippen LogP contribution is 2.29.